The molecule has 2 aromatic rings. The minimum atomic E-state index is 0.517. The molecule has 0 aliphatic carbocycles. The molecule has 0 saturated heterocycles. The summed E-state index contributed by atoms with van der Waals surface area (Å²) in [5.41, 5.74) is 2.23. The van der Waals surface area contributed by atoms with Crippen molar-refractivity contribution in [1.82, 2.24) is 9.38 Å². The quantitative estimate of drug-likeness (QED) is 0.718. The minimum Gasteiger partial charge on any atom is -0.304 e. The molecule has 0 fully saturated rings. The summed E-state index contributed by atoms with van der Waals surface area (Å²) in [6.07, 6.45) is 4.48. The predicted molar refractivity (Wildman–Crippen MR) is 54.3 cm³/mol. The van der Waals surface area contributed by atoms with E-state index in [2.05, 4.69) is 11.1 Å². The molecule has 3 nitrogen and oxygen atoms in total. The van der Waals surface area contributed by atoms with Gasteiger partial charge < -0.3 is 4.40 Å². The summed E-state index contributed by atoms with van der Waals surface area (Å²) in [7, 11) is 0. The zero-order chi connectivity index (χ0) is 10.1. The van der Waals surface area contributed by atoms with Crippen LogP contribution in [0.3, 0.4) is 0 Å². The van der Waals surface area contributed by atoms with Gasteiger partial charge in [-0.1, -0.05) is 18.5 Å². The number of fused-ring (bicyclic) bond motifs is 1. The first kappa shape index (κ1) is 9.04. The molecule has 0 spiro atoms. The zero-order valence-corrected chi connectivity index (χ0v) is 8.41. The van der Waals surface area contributed by atoms with Crippen LogP contribution in [0.5, 0.6) is 0 Å². The fourth-order valence-electron chi connectivity index (χ4n) is 1.34. The lowest BCUT2D eigenvalue weighted by Crippen LogP contribution is -1.86. The van der Waals surface area contributed by atoms with Crippen LogP contribution in [-0.2, 0) is 6.42 Å². The van der Waals surface area contributed by atoms with Crippen LogP contribution < -0.4 is 0 Å². The fourth-order valence-corrected chi connectivity index (χ4v) is 1.60. The van der Waals surface area contributed by atoms with Crippen molar-refractivity contribution >= 4 is 17.2 Å². The maximum Gasteiger partial charge on any atom is 0.155 e. The van der Waals surface area contributed by atoms with Gasteiger partial charge in [-0.15, -0.1) is 0 Å². The first-order valence-corrected chi connectivity index (χ1v) is 4.69. The highest BCUT2D eigenvalue weighted by molar-refractivity contribution is 6.33. The van der Waals surface area contributed by atoms with E-state index >= 15 is 0 Å². The van der Waals surface area contributed by atoms with Gasteiger partial charge in [0.15, 0.2) is 5.65 Å². The van der Waals surface area contributed by atoms with Crippen LogP contribution in [0.15, 0.2) is 18.5 Å². The Kier molecular flexibility index (Phi) is 2.14. The molecule has 0 aliphatic rings. The summed E-state index contributed by atoms with van der Waals surface area (Å²) in [6, 6.07) is 3.68. The van der Waals surface area contributed by atoms with Crippen LogP contribution in [0.2, 0.25) is 5.02 Å². The third-order valence-electron chi connectivity index (χ3n) is 2.05. The average Bonchev–Trinajstić information content (AvgIpc) is 2.61. The van der Waals surface area contributed by atoms with Crippen LogP contribution in [0.1, 0.15) is 18.2 Å². The van der Waals surface area contributed by atoms with Gasteiger partial charge in [-0.25, -0.2) is 4.98 Å². The van der Waals surface area contributed by atoms with E-state index in [0.29, 0.717) is 16.2 Å². The molecule has 4 heteroatoms. The van der Waals surface area contributed by atoms with Gasteiger partial charge in [-0.3, -0.25) is 0 Å². The molecule has 2 heterocycles. The average molecular weight is 206 g/mol. The molecule has 14 heavy (non-hydrogen) atoms. The van der Waals surface area contributed by atoms with Gasteiger partial charge in [0.05, 0.1) is 16.3 Å². The smallest absolute Gasteiger partial charge is 0.155 e. The topological polar surface area (TPSA) is 41.1 Å². The van der Waals surface area contributed by atoms with E-state index in [9.17, 15) is 0 Å². The molecule has 2 aromatic heterocycles. The van der Waals surface area contributed by atoms with Gasteiger partial charge in [0.25, 0.3) is 0 Å². The Morgan fingerprint density at radius 3 is 3.00 bits per heavy atom. The predicted octanol–water partition coefficient (Wildman–Crippen LogP) is 2.42. The van der Waals surface area contributed by atoms with E-state index in [4.69, 9.17) is 16.9 Å². The molecule has 2 rings (SSSR count). The molecule has 70 valence electrons. The number of pyridine rings is 1. The van der Waals surface area contributed by atoms with E-state index in [1.807, 2.05) is 13.1 Å². The standard InChI is InChI=1S/C10H8ClN3/c1-2-8-6-14-5-7(4-12)3-9(11)10(14)13-8/h3,5-6H,2H2,1H3. The summed E-state index contributed by atoms with van der Waals surface area (Å²) in [5, 5.41) is 9.26. The number of imidazole rings is 1. The van der Waals surface area contributed by atoms with Crippen LogP contribution in [-0.4, -0.2) is 9.38 Å². The van der Waals surface area contributed by atoms with Crippen LogP contribution >= 0.6 is 11.6 Å². The highest BCUT2D eigenvalue weighted by Crippen LogP contribution is 2.18. The molecule has 0 saturated carbocycles. The lowest BCUT2D eigenvalue weighted by molar-refractivity contribution is 1.07. The second-order valence-corrected chi connectivity index (χ2v) is 3.41. The lowest BCUT2D eigenvalue weighted by atomic mass is 10.3. The van der Waals surface area contributed by atoms with Crippen molar-refractivity contribution in [3.8, 4) is 6.07 Å². The van der Waals surface area contributed by atoms with Crippen molar-refractivity contribution in [2.24, 2.45) is 0 Å². The number of hydrogen-bond acceptors (Lipinski definition) is 2. The number of aryl methyl sites for hydroxylation is 1. The SMILES string of the molecule is CCc1cn2cc(C#N)cc(Cl)c2n1. The summed E-state index contributed by atoms with van der Waals surface area (Å²) < 4.78 is 1.79. The monoisotopic (exact) mass is 205 g/mol. The van der Waals surface area contributed by atoms with Crippen molar-refractivity contribution in [1.29, 1.82) is 5.26 Å². The van der Waals surface area contributed by atoms with E-state index in [-0.39, 0.29) is 0 Å². The molecule has 0 bridgehead atoms. The van der Waals surface area contributed by atoms with Crippen LogP contribution in [0.25, 0.3) is 5.65 Å². The van der Waals surface area contributed by atoms with Crippen LogP contribution in [0, 0.1) is 11.3 Å². The number of aromatic nitrogens is 2. The maximum absolute atomic E-state index is 8.74. The van der Waals surface area contributed by atoms with E-state index in [1.165, 1.54) is 0 Å². The third-order valence-corrected chi connectivity index (χ3v) is 2.33. The normalized spacial score (nSPS) is 10.4. The van der Waals surface area contributed by atoms with Gasteiger partial charge in [0.2, 0.25) is 0 Å². The second kappa shape index (κ2) is 3.32. The maximum atomic E-state index is 8.74. The zero-order valence-electron chi connectivity index (χ0n) is 7.66. The van der Waals surface area contributed by atoms with Gasteiger partial charge in [0.1, 0.15) is 6.07 Å². The fraction of sp³-hybridized carbons (Fsp3) is 0.200. The van der Waals surface area contributed by atoms with Gasteiger partial charge in [0, 0.05) is 12.4 Å². The van der Waals surface area contributed by atoms with Crippen molar-refractivity contribution in [3.05, 3.63) is 34.7 Å². The third kappa shape index (κ3) is 1.34. The van der Waals surface area contributed by atoms with Gasteiger partial charge >= 0.3 is 0 Å². The number of hydrogen-bond donors (Lipinski definition) is 0. The van der Waals surface area contributed by atoms with E-state index in [0.717, 1.165) is 12.1 Å². The molecular formula is C10H8ClN3. The number of nitriles is 1. The highest BCUT2D eigenvalue weighted by atomic mass is 35.5. The molecule has 0 unspecified atom stereocenters. The Hall–Kier alpha value is -1.53. The number of halogens is 1. The Labute approximate surface area is 86.6 Å². The van der Waals surface area contributed by atoms with Crippen molar-refractivity contribution in [2.75, 3.05) is 0 Å². The Balaban J connectivity index is 2.75. The van der Waals surface area contributed by atoms with Gasteiger partial charge in [-0.05, 0) is 12.5 Å². The number of rotatable bonds is 1. The molecule has 0 radical (unpaired) electrons. The molecule has 0 atom stereocenters. The summed E-state index contributed by atoms with van der Waals surface area (Å²) in [4.78, 5) is 4.33. The van der Waals surface area contributed by atoms with Crippen molar-refractivity contribution < 1.29 is 0 Å². The molecule has 0 amide bonds. The summed E-state index contributed by atoms with van der Waals surface area (Å²) >= 11 is 5.98. The summed E-state index contributed by atoms with van der Waals surface area (Å²) in [5.74, 6) is 0. The Morgan fingerprint density at radius 2 is 2.36 bits per heavy atom. The lowest BCUT2D eigenvalue weighted by Gasteiger charge is -1.95. The van der Waals surface area contributed by atoms with Crippen molar-refractivity contribution in [2.45, 2.75) is 13.3 Å². The van der Waals surface area contributed by atoms with Gasteiger partial charge in [-0.2, -0.15) is 5.26 Å². The highest BCUT2D eigenvalue weighted by Gasteiger charge is 2.05. The van der Waals surface area contributed by atoms with Crippen molar-refractivity contribution in [3.63, 3.8) is 0 Å². The first-order chi connectivity index (χ1) is 6.74. The van der Waals surface area contributed by atoms with E-state index < -0.39 is 0 Å². The molecule has 0 aromatic carbocycles. The first-order valence-electron chi connectivity index (χ1n) is 4.32. The minimum absolute atomic E-state index is 0.517. The molecule has 0 N–H and O–H groups in total. The molecule has 0 aliphatic heterocycles. The molecular weight excluding hydrogens is 198 g/mol. The Morgan fingerprint density at radius 1 is 1.57 bits per heavy atom. The van der Waals surface area contributed by atoms with E-state index in [1.54, 1.807) is 16.7 Å². The number of nitrogens with zero attached hydrogens (tertiary/aromatic N) is 3. The largest absolute Gasteiger partial charge is 0.304 e. The summed E-state index contributed by atoms with van der Waals surface area (Å²) in [6.45, 7) is 2.03. The van der Waals surface area contributed by atoms with Crippen LogP contribution in [0.4, 0.5) is 0 Å². The second-order valence-electron chi connectivity index (χ2n) is 3.01. The Bertz CT molecular complexity index is 522.